The molecule has 2 aromatic carbocycles. The number of carbonyl (C=O) groups is 1. The third-order valence-corrected chi connectivity index (χ3v) is 5.44. The van der Waals surface area contributed by atoms with Crippen molar-refractivity contribution in [3.8, 4) is 0 Å². The molecule has 2 aliphatic heterocycles. The maximum absolute atomic E-state index is 12.0. The van der Waals surface area contributed by atoms with E-state index in [2.05, 4.69) is 11.9 Å². The largest absolute Gasteiger partial charge is 0.369 e. The van der Waals surface area contributed by atoms with E-state index in [0.717, 1.165) is 11.1 Å². The first-order chi connectivity index (χ1) is 15.7. The Hall–Kier alpha value is -2.55. The van der Waals surface area contributed by atoms with Crippen LogP contribution in [0.4, 0.5) is 0 Å². The summed E-state index contributed by atoms with van der Waals surface area (Å²) in [5.74, 6) is -0.204. The first-order valence-electron chi connectivity index (χ1n) is 10.8. The molecule has 0 aromatic heterocycles. The van der Waals surface area contributed by atoms with Gasteiger partial charge in [0.1, 0.15) is 24.4 Å². The average Bonchev–Trinajstić information content (AvgIpc) is 2.82. The molecule has 170 valence electrons. The Morgan fingerprint density at radius 2 is 1.81 bits per heavy atom. The molecule has 6 atom stereocenters. The normalized spacial score (nSPS) is 29.7. The molecule has 32 heavy (non-hydrogen) atoms. The number of nitrogens with one attached hydrogen (secondary N) is 1. The number of hydrogen-bond acceptors (Lipinski definition) is 6. The molecule has 0 unspecified atom stereocenters. The van der Waals surface area contributed by atoms with E-state index in [1.165, 1.54) is 6.92 Å². The second-order valence-corrected chi connectivity index (χ2v) is 7.83. The summed E-state index contributed by atoms with van der Waals surface area (Å²) in [5.41, 5.74) is 1.91. The number of benzene rings is 2. The second kappa shape index (κ2) is 10.8. The Labute approximate surface area is 188 Å². The van der Waals surface area contributed by atoms with Crippen molar-refractivity contribution < 1.29 is 28.5 Å². The van der Waals surface area contributed by atoms with Gasteiger partial charge in [0.25, 0.3) is 0 Å². The number of fused-ring (bicyclic) bond motifs is 1. The highest BCUT2D eigenvalue weighted by Crippen LogP contribution is 2.35. The summed E-state index contributed by atoms with van der Waals surface area (Å²) in [5, 5.41) is 2.95. The lowest BCUT2D eigenvalue weighted by Crippen LogP contribution is -2.67. The smallest absolute Gasteiger partial charge is 0.217 e. The highest BCUT2D eigenvalue weighted by molar-refractivity contribution is 5.73. The van der Waals surface area contributed by atoms with E-state index in [9.17, 15) is 4.79 Å². The highest BCUT2D eigenvalue weighted by Gasteiger charge is 2.51. The van der Waals surface area contributed by atoms with Gasteiger partial charge in [0.15, 0.2) is 12.6 Å². The van der Waals surface area contributed by atoms with E-state index < -0.39 is 36.9 Å². The summed E-state index contributed by atoms with van der Waals surface area (Å²) >= 11 is 0. The molecular weight excluding hydrogens is 410 g/mol. The summed E-state index contributed by atoms with van der Waals surface area (Å²) in [7, 11) is 0. The zero-order valence-electron chi connectivity index (χ0n) is 18.1. The Bertz CT molecular complexity index is 877. The highest BCUT2D eigenvalue weighted by atomic mass is 16.7. The van der Waals surface area contributed by atoms with E-state index in [4.69, 9.17) is 23.7 Å². The SMILES string of the molecule is C=CCO[C@@H]1[C@@H](NC(C)=O)[C@@H](OCc2ccccc2)O[C@@H]2CO[C@@H](c3ccccc3)O[C@@H]12. The molecule has 7 nitrogen and oxygen atoms in total. The standard InChI is InChI=1S/C25H29NO6/c1-3-14-28-23-21(26-17(2)27)25(29-15-18-10-6-4-7-11-18)31-20-16-30-24(32-22(20)23)19-12-8-5-9-13-19/h3-13,20-25H,1,14-16H2,2H3,(H,26,27)/t20-,21-,22-,23-,24-,25+/m1/s1. The summed E-state index contributed by atoms with van der Waals surface area (Å²) in [6, 6.07) is 18.9. The predicted molar refractivity (Wildman–Crippen MR) is 117 cm³/mol. The van der Waals surface area contributed by atoms with Crippen LogP contribution < -0.4 is 5.32 Å². The lowest BCUT2D eigenvalue weighted by molar-refractivity contribution is -0.349. The number of ether oxygens (including phenoxy) is 5. The second-order valence-electron chi connectivity index (χ2n) is 7.83. The molecule has 2 fully saturated rings. The minimum atomic E-state index is -0.726. The van der Waals surface area contributed by atoms with Gasteiger partial charge in [0, 0.05) is 12.5 Å². The molecule has 0 aliphatic carbocycles. The van der Waals surface area contributed by atoms with Gasteiger partial charge in [-0.05, 0) is 5.56 Å². The fraction of sp³-hybridized carbons (Fsp3) is 0.400. The summed E-state index contributed by atoms with van der Waals surface area (Å²) < 4.78 is 30.7. The van der Waals surface area contributed by atoms with E-state index in [0.29, 0.717) is 19.8 Å². The maximum atomic E-state index is 12.0. The molecule has 2 aliphatic rings. The van der Waals surface area contributed by atoms with Crippen LogP contribution in [0.2, 0.25) is 0 Å². The van der Waals surface area contributed by atoms with Crippen molar-refractivity contribution in [2.75, 3.05) is 13.2 Å². The monoisotopic (exact) mass is 439 g/mol. The van der Waals surface area contributed by atoms with Gasteiger partial charge in [0.2, 0.25) is 5.91 Å². The predicted octanol–water partition coefficient (Wildman–Crippen LogP) is 3.12. The lowest BCUT2D eigenvalue weighted by atomic mass is 9.95. The molecule has 7 heteroatoms. The van der Waals surface area contributed by atoms with Crippen molar-refractivity contribution in [3.63, 3.8) is 0 Å². The van der Waals surface area contributed by atoms with Gasteiger partial charge in [0.05, 0.1) is 19.8 Å². The van der Waals surface area contributed by atoms with Crippen LogP contribution >= 0.6 is 0 Å². The molecule has 0 radical (unpaired) electrons. The molecule has 2 aromatic rings. The van der Waals surface area contributed by atoms with E-state index in [1.807, 2.05) is 60.7 Å². The first-order valence-corrected chi connectivity index (χ1v) is 10.8. The van der Waals surface area contributed by atoms with Crippen molar-refractivity contribution in [2.24, 2.45) is 0 Å². The average molecular weight is 440 g/mol. The molecular formula is C25H29NO6. The van der Waals surface area contributed by atoms with Gasteiger partial charge in [-0.3, -0.25) is 4.79 Å². The Morgan fingerprint density at radius 1 is 1.09 bits per heavy atom. The summed E-state index contributed by atoms with van der Waals surface area (Å²) in [4.78, 5) is 12.0. The molecule has 0 spiro atoms. The number of carbonyl (C=O) groups excluding carboxylic acids is 1. The van der Waals surface area contributed by atoms with Crippen LogP contribution in [0, 0.1) is 0 Å². The minimum Gasteiger partial charge on any atom is -0.369 e. The topological polar surface area (TPSA) is 75.3 Å². The number of hydrogen-bond donors (Lipinski definition) is 1. The quantitative estimate of drug-likeness (QED) is 0.637. The van der Waals surface area contributed by atoms with E-state index in [-0.39, 0.29) is 5.91 Å². The van der Waals surface area contributed by atoms with Crippen LogP contribution in [0.15, 0.2) is 73.3 Å². The molecule has 2 saturated heterocycles. The Balaban J connectivity index is 1.55. The van der Waals surface area contributed by atoms with Gasteiger partial charge < -0.3 is 29.0 Å². The van der Waals surface area contributed by atoms with Gasteiger partial charge in [-0.15, -0.1) is 6.58 Å². The third kappa shape index (κ3) is 5.43. The van der Waals surface area contributed by atoms with Crippen LogP contribution in [0.3, 0.4) is 0 Å². The molecule has 1 amide bonds. The van der Waals surface area contributed by atoms with Crippen molar-refractivity contribution in [2.45, 2.75) is 50.5 Å². The number of rotatable bonds is 8. The maximum Gasteiger partial charge on any atom is 0.217 e. The fourth-order valence-corrected chi connectivity index (χ4v) is 4.01. The van der Waals surface area contributed by atoms with Gasteiger partial charge in [-0.1, -0.05) is 66.7 Å². The fourth-order valence-electron chi connectivity index (χ4n) is 4.01. The van der Waals surface area contributed by atoms with E-state index in [1.54, 1.807) is 6.08 Å². The van der Waals surface area contributed by atoms with Crippen molar-refractivity contribution in [1.82, 2.24) is 5.32 Å². The Kier molecular flexibility index (Phi) is 7.68. The first kappa shape index (κ1) is 22.6. The van der Waals surface area contributed by atoms with Gasteiger partial charge in [-0.2, -0.15) is 0 Å². The zero-order valence-corrected chi connectivity index (χ0v) is 18.1. The van der Waals surface area contributed by atoms with Crippen LogP contribution in [0.1, 0.15) is 24.3 Å². The van der Waals surface area contributed by atoms with Crippen molar-refractivity contribution in [1.29, 1.82) is 0 Å². The summed E-state index contributed by atoms with van der Waals surface area (Å²) in [6.45, 7) is 6.16. The zero-order chi connectivity index (χ0) is 22.3. The molecule has 1 N–H and O–H groups in total. The van der Waals surface area contributed by atoms with Crippen molar-refractivity contribution in [3.05, 3.63) is 84.4 Å². The molecule has 0 saturated carbocycles. The van der Waals surface area contributed by atoms with Crippen LogP contribution in [0.5, 0.6) is 0 Å². The summed E-state index contributed by atoms with van der Waals surface area (Å²) in [6.07, 6.45) is -0.973. The van der Waals surface area contributed by atoms with E-state index >= 15 is 0 Å². The number of amides is 1. The van der Waals surface area contributed by atoms with Crippen molar-refractivity contribution >= 4 is 5.91 Å². The third-order valence-electron chi connectivity index (χ3n) is 5.44. The van der Waals surface area contributed by atoms with Crippen LogP contribution in [-0.4, -0.2) is 49.8 Å². The lowest BCUT2D eigenvalue weighted by Gasteiger charge is -2.49. The minimum absolute atomic E-state index is 0.204. The van der Waals surface area contributed by atoms with Gasteiger partial charge >= 0.3 is 0 Å². The molecule has 2 heterocycles. The van der Waals surface area contributed by atoms with Gasteiger partial charge in [-0.25, -0.2) is 0 Å². The van der Waals surface area contributed by atoms with Crippen LogP contribution in [0.25, 0.3) is 0 Å². The Morgan fingerprint density at radius 3 is 2.50 bits per heavy atom. The molecule has 4 rings (SSSR count). The molecule has 0 bridgehead atoms. The van der Waals surface area contributed by atoms with Crippen LogP contribution in [-0.2, 0) is 35.1 Å².